The lowest BCUT2D eigenvalue weighted by molar-refractivity contribution is -0.141. The van der Waals surface area contributed by atoms with Crippen LogP contribution in [0, 0.1) is 6.92 Å². The number of aryl methyl sites for hydroxylation is 1. The van der Waals surface area contributed by atoms with Gasteiger partial charge in [-0.3, -0.25) is 9.59 Å². The maximum absolute atomic E-state index is 13.2. The molecule has 25 heavy (non-hydrogen) atoms. The molecule has 1 unspecified atom stereocenters. The average molecular weight is 339 g/mol. The van der Waals surface area contributed by atoms with Gasteiger partial charge in [0.1, 0.15) is 17.4 Å². The molecule has 0 N–H and O–H groups in total. The summed E-state index contributed by atoms with van der Waals surface area (Å²) in [6.07, 6.45) is 3.07. The van der Waals surface area contributed by atoms with Crippen molar-refractivity contribution in [3.8, 4) is 0 Å². The Morgan fingerprint density at radius 2 is 2.04 bits per heavy atom. The molecule has 0 spiro atoms. The fourth-order valence-corrected chi connectivity index (χ4v) is 3.96. The molecule has 0 aliphatic carbocycles. The topological polar surface area (TPSA) is 64.4 Å². The van der Waals surface area contributed by atoms with Crippen LogP contribution in [-0.2, 0) is 22.5 Å². The molecule has 3 heterocycles. The first-order valence-corrected chi connectivity index (χ1v) is 8.66. The van der Waals surface area contributed by atoms with Gasteiger partial charge in [-0.25, -0.2) is 4.98 Å². The average Bonchev–Trinajstić information content (AvgIpc) is 3.20. The summed E-state index contributed by atoms with van der Waals surface area (Å²) in [5.74, 6) is 0.00291. The third kappa shape index (κ3) is 2.44. The summed E-state index contributed by atoms with van der Waals surface area (Å²) in [6, 6.07) is 7.53. The van der Waals surface area contributed by atoms with Gasteiger partial charge in [0.15, 0.2) is 0 Å². The number of fused-ring (bicyclic) bond motifs is 2. The van der Waals surface area contributed by atoms with E-state index in [4.69, 9.17) is 4.74 Å². The number of imidazole rings is 1. The van der Waals surface area contributed by atoms with Crippen LogP contribution in [-0.4, -0.2) is 35.1 Å². The highest BCUT2D eigenvalue weighted by molar-refractivity contribution is 6.08. The third-order valence-electron chi connectivity index (χ3n) is 5.21. The van der Waals surface area contributed by atoms with Crippen molar-refractivity contribution in [3.05, 3.63) is 47.0 Å². The van der Waals surface area contributed by atoms with Crippen LogP contribution in [0.3, 0.4) is 0 Å². The van der Waals surface area contributed by atoms with Crippen molar-refractivity contribution in [3.63, 3.8) is 0 Å². The number of nitrogens with zero attached hydrogens (tertiary/aromatic N) is 3. The molecule has 1 amide bonds. The molecule has 2 aliphatic rings. The second-order valence-corrected chi connectivity index (χ2v) is 6.61. The van der Waals surface area contributed by atoms with E-state index in [2.05, 4.69) is 9.55 Å². The molecule has 0 fully saturated rings. The minimum Gasteiger partial charge on any atom is -0.468 e. The first kappa shape index (κ1) is 15.9. The Bertz CT molecular complexity index is 856. The highest BCUT2D eigenvalue weighted by Gasteiger charge is 2.39. The van der Waals surface area contributed by atoms with Crippen LogP contribution in [0.1, 0.15) is 46.3 Å². The molecule has 0 saturated heterocycles. The van der Waals surface area contributed by atoms with Crippen molar-refractivity contribution in [1.82, 2.24) is 9.55 Å². The van der Waals surface area contributed by atoms with E-state index in [-0.39, 0.29) is 11.9 Å². The molecule has 1 aromatic carbocycles. The number of methoxy groups -OCH3 is 1. The normalized spacial score (nSPS) is 18.6. The highest BCUT2D eigenvalue weighted by Crippen LogP contribution is 2.38. The zero-order chi connectivity index (χ0) is 17.6. The Kier molecular flexibility index (Phi) is 3.82. The molecular weight excluding hydrogens is 318 g/mol. The summed E-state index contributed by atoms with van der Waals surface area (Å²) < 4.78 is 7.07. The molecular formula is C19H21N3O3. The van der Waals surface area contributed by atoms with Crippen molar-refractivity contribution < 1.29 is 14.3 Å². The molecule has 2 aromatic rings. The standard InChI is InChI=1S/C19H21N3O3/c1-12-20-17(16-9-5-6-10-21(12)16)18(23)22-11-14(19(24)25-2)13-7-3-4-8-15(13)22/h3-4,7-8,14H,5-6,9-11H2,1-2H3. The van der Waals surface area contributed by atoms with Crippen LogP contribution in [0.25, 0.3) is 0 Å². The monoisotopic (exact) mass is 339 g/mol. The summed E-state index contributed by atoms with van der Waals surface area (Å²) in [6.45, 7) is 3.17. The number of rotatable bonds is 2. The van der Waals surface area contributed by atoms with E-state index >= 15 is 0 Å². The van der Waals surface area contributed by atoms with Gasteiger partial charge in [-0.2, -0.15) is 0 Å². The summed E-state index contributed by atoms with van der Waals surface area (Å²) in [7, 11) is 1.38. The number of benzene rings is 1. The van der Waals surface area contributed by atoms with E-state index in [0.29, 0.717) is 12.2 Å². The molecule has 1 aromatic heterocycles. The van der Waals surface area contributed by atoms with Gasteiger partial charge in [-0.15, -0.1) is 0 Å². The number of hydrogen-bond acceptors (Lipinski definition) is 4. The number of carbonyl (C=O) groups is 2. The Labute approximate surface area is 146 Å². The Morgan fingerprint density at radius 1 is 1.24 bits per heavy atom. The van der Waals surface area contributed by atoms with Crippen LogP contribution >= 0.6 is 0 Å². The van der Waals surface area contributed by atoms with Crippen molar-refractivity contribution >= 4 is 17.6 Å². The lowest BCUT2D eigenvalue weighted by atomic mass is 10.0. The SMILES string of the molecule is COC(=O)C1CN(C(=O)c2nc(C)n3c2CCCC3)c2ccccc21. The first-order chi connectivity index (χ1) is 12.1. The van der Waals surface area contributed by atoms with E-state index < -0.39 is 5.92 Å². The molecule has 0 saturated carbocycles. The van der Waals surface area contributed by atoms with Crippen LogP contribution in [0.15, 0.2) is 24.3 Å². The summed E-state index contributed by atoms with van der Waals surface area (Å²) >= 11 is 0. The molecule has 0 radical (unpaired) electrons. The minimum atomic E-state index is -0.440. The van der Waals surface area contributed by atoms with Crippen LogP contribution < -0.4 is 4.90 Å². The summed E-state index contributed by atoms with van der Waals surface area (Å²) in [5, 5.41) is 0. The molecule has 6 nitrogen and oxygen atoms in total. The van der Waals surface area contributed by atoms with Gasteiger partial charge in [0, 0.05) is 18.8 Å². The van der Waals surface area contributed by atoms with Gasteiger partial charge in [-0.1, -0.05) is 18.2 Å². The number of aromatic nitrogens is 2. The number of amides is 1. The molecule has 1 atom stereocenters. The van der Waals surface area contributed by atoms with Crippen molar-refractivity contribution in [2.45, 2.75) is 38.6 Å². The third-order valence-corrected chi connectivity index (χ3v) is 5.21. The van der Waals surface area contributed by atoms with Gasteiger partial charge in [0.2, 0.25) is 0 Å². The number of ether oxygens (including phenoxy) is 1. The van der Waals surface area contributed by atoms with E-state index in [1.807, 2.05) is 31.2 Å². The van der Waals surface area contributed by atoms with Crippen molar-refractivity contribution in [1.29, 1.82) is 0 Å². The first-order valence-electron chi connectivity index (χ1n) is 8.66. The second kappa shape index (κ2) is 6.02. The van der Waals surface area contributed by atoms with Gasteiger partial charge < -0.3 is 14.2 Å². The highest BCUT2D eigenvalue weighted by atomic mass is 16.5. The van der Waals surface area contributed by atoms with Crippen molar-refractivity contribution in [2.24, 2.45) is 0 Å². The lowest BCUT2D eigenvalue weighted by Crippen LogP contribution is -2.32. The van der Waals surface area contributed by atoms with Gasteiger partial charge >= 0.3 is 5.97 Å². The Balaban J connectivity index is 1.73. The Morgan fingerprint density at radius 3 is 2.84 bits per heavy atom. The zero-order valence-corrected chi connectivity index (χ0v) is 14.5. The molecule has 130 valence electrons. The smallest absolute Gasteiger partial charge is 0.315 e. The fourth-order valence-electron chi connectivity index (χ4n) is 3.96. The lowest BCUT2D eigenvalue weighted by Gasteiger charge is -2.19. The molecule has 2 aliphatic heterocycles. The predicted octanol–water partition coefficient (Wildman–Crippen LogP) is 2.44. The predicted molar refractivity (Wildman–Crippen MR) is 92.8 cm³/mol. The quantitative estimate of drug-likeness (QED) is 0.789. The summed E-state index contributed by atoms with van der Waals surface area (Å²) in [5.41, 5.74) is 3.16. The van der Waals surface area contributed by atoms with E-state index in [9.17, 15) is 9.59 Å². The van der Waals surface area contributed by atoms with Crippen LogP contribution in [0.2, 0.25) is 0 Å². The summed E-state index contributed by atoms with van der Waals surface area (Å²) in [4.78, 5) is 31.6. The number of para-hydroxylation sites is 1. The number of esters is 1. The van der Waals surface area contributed by atoms with Gasteiger partial charge in [0.05, 0.1) is 12.8 Å². The fraction of sp³-hybridized carbons (Fsp3) is 0.421. The second-order valence-electron chi connectivity index (χ2n) is 6.61. The number of carbonyl (C=O) groups excluding carboxylic acids is 2. The van der Waals surface area contributed by atoms with Crippen molar-refractivity contribution in [2.75, 3.05) is 18.6 Å². The largest absolute Gasteiger partial charge is 0.468 e. The molecule has 4 rings (SSSR count). The number of anilines is 1. The zero-order valence-electron chi connectivity index (χ0n) is 14.5. The number of hydrogen-bond donors (Lipinski definition) is 0. The van der Waals surface area contributed by atoms with E-state index in [1.165, 1.54) is 7.11 Å². The Hall–Kier alpha value is -2.63. The van der Waals surface area contributed by atoms with Crippen LogP contribution in [0.4, 0.5) is 5.69 Å². The molecule has 0 bridgehead atoms. The molecule has 6 heteroatoms. The van der Waals surface area contributed by atoms with Gasteiger partial charge in [-0.05, 0) is 37.8 Å². The maximum Gasteiger partial charge on any atom is 0.315 e. The minimum absolute atomic E-state index is 0.127. The van der Waals surface area contributed by atoms with Gasteiger partial charge in [0.25, 0.3) is 5.91 Å². The van der Waals surface area contributed by atoms with E-state index in [0.717, 1.165) is 48.6 Å². The van der Waals surface area contributed by atoms with E-state index in [1.54, 1.807) is 4.90 Å². The maximum atomic E-state index is 13.2. The van der Waals surface area contributed by atoms with Crippen LogP contribution in [0.5, 0.6) is 0 Å².